The number of aliphatic hydroxyl groups excluding tert-OH is 1. The van der Waals surface area contributed by atoms with Gasteiger partial charge in [-0.1, -0.05) is 30.5 Å². The Balaban J connectivity index is 1.62. The van der Waals surface area contributed by atoms with Gasteiger partial charge in [0.15, 0.2) is 0 Å². The highest BCUT2D eigenvalue weighted by atomic mass is 35.5. The first-order valence-corrected chi connectivity index (χ1v) is 7.47. The van der Waals surface area contributed by atoms with Gasteiger partial charge < -0.3 is 15.2 Å². The maximum atomic E-state index is 13.0. The minimum absolute atomic E-state index is 0.120. The predicted octanol–water partition coefficient (Wildman–Crippen LogP) is 2.89. The number of hydrogen-bond donors (Lipinski definition) is 2. The molecule has 2 N–H and O–H groups in total. The molecule has 1 unspecified atom stereocenters. The van der Waals surface area contributed by atoms with Crippen molar-refractivity contribution in [2.45, 2.75) is 44.4 Å². The van der Waals surface area contributed by atoms with Crippen molar-refractivity contribution in [3.05, 3.63) is 34.6 Å². The van der Waals surface area contributed by atoms with Gasteiger partial charge in [0.1, 0.15) is 5.82 Å². The molecule has 5 heteroatoms. The molecule has 3 nitrogen and oxygen atoms in total. The third-order valence-corrected chi connectivity index (χ3v) is 3.81. The molecule has 1 aliphatic rings. The Morgan fingerprint density at radius 1 is 1.40 bits per heavy atom. The molecule has 0 saturated heterocycles. The molecule has 2 rings (SSSR count). The minimum atomic E-state index is -0.522. The summed E-state index contributed by atoms with van der Waals surface area (Å²) in [4.78, 5) is 0. The van der Waals surface area contributed by atoms with Crippen molar-refractivity contribution in [3.8, 4) is 0 Å². The third kappa shape index (κ3) is 5.02. The van der Waals surface area contributed by atoms with Crippen LogP contribution in [0.25, 0.3) is 0 Å². The van der Waals surface area contributed by atoms with Crippen molar-refractivity contribution in [2.24, 2.45) is 0 Å². The molecule has 0 radical (unpaired) electrons. The van der Waals surface area contributed by atoms with Gasteiger partial charge in [-0.2, -0.15) is 0 Å². The van der Waals surface area contributed by atoms with E-state index in [0.717, 1.165) is 18.4 Å². The average Bonchev–Trinajstić information content (AvgIpc) is 2.94. The normalized spacial score (nSPS) is 17.6. The standard InChI is InChI=1S/C15H21ClFNO2/c16-14-7-11(5-6-15(14)17)8-18-9-12(19)10-20-13-3-1-2-4-13/h5-7,12-13,18-19H,1-4,8-10H2. The Labute approximate surface area is 124 Å². The summed E-state index contributed by atoms with van der Waals surface area (Å²) < 4.78 is 18.6. The maximum Gasteiger partial charge on any atom is 0.141 e. The number of halogens is 2. The van der Waals surface area contributed by atoms with Gasteiger partial charge in [0, 0.05) is 13.1 Å². The fourth-order valence-electron chi connectivity index (χ4n) is 2.39. The molecule has 1 atom stereocenters. The van der Waals surface area contributed by atoms with Gasteiger partial charge in [-0.3, -0.25) is 0 Å². The summed E-state index contributed by atoms with van der Waals surface area (Å²) in [6.45, 7) is 1.35. The quantitative estimate of drug-likeness (QED) is 0.814. The van der Waals surface area contributed by atoms with E-state index in [4.69, 9.17) is 16.3 Å². The monoisotopic (exact) mass is 301 g/mol. The molecule has 112 valence electrons. The molecule has 0 aromatic heterocycles. The van der Waals surface area contributed by atoms with Crippen molar-refractivity contribution in [2.75, 3.05) is 13.2 Å². The second-order valence-corrected chi connectivity index (χ2v) is 5.68. The highest BCUT2D eigenvalue weighted by Crippen LogP contribution is 2.20. The van der Waals surface area contributed by atoms with Crippen LogP contribution in [-0.2, 0) is 11.3 Å². The Kier molecular flexibility index (Phi) is 6.23. The van der Waals surface area contributed by atoms with Gasteiger partial charge in [-0.05, 0) is 30.5 Å². The summed E-state index contributed by atoms with van der Waals surface area (Å²) >= 11 is 5.71. The molecular weight excluding hydrogens is 281 g/mol. The largest absolute Gasteiger partial charge is 0.389 e. The van der Waals surface area contributed by atoms with Crippen LogP contribution in [-0.4, -0.2) is 30.5 Å². The van der Waals surface area contributed by atoms with Crippen molar-refractivity contribution in [3.63, 3.8) is 0 Å². The molecule has 0 aliphatic heterocycles. The highest BCUT2D eigenvalue weighted by molar-refractivity contribution is 6.30. The zero-order valence-corrected chi connectivity index (χ0v) is 12.2. The molecule has 1 aliphatic carbocycles. The van der Waals surface area contributed by atoms with Gasteiger partial charge in [0.05, 0.1) is 23.8 Å². The van der Waals surface area contributed by atoms with Gasteiger partial charge in [-0.15, -0.1) is 0 Å². The lowest BCUT2D eigenvalue weighted by Crippen LogP contribution is -2.31. The van der Waals surface area contributed by atoms with Crippen LogP contribution in [0.2, 0.25) is 5.02 Å². The van der Waals surface area contributed by atoms with Crippen LogP contribution in [0.4, 0.5) is 4.39 Å². The molecule has 0 heterocycles. The van der Waals surface area contributed by atoms with E-state index in [2.05, 4.69) is 5.32 Å². The van der Waals surface area contributed by atoms with Gasteiger partial charge in [-0.25, -0.2) is 4.39 Å². The van der Waals surface area contributed by atoms with E-state index in [9.17, 15) is 9.50 Å². The maximum absolute atomic E-state index is 13.0. The molecule has 20 heavy (non-hydrogen) atoms. The zero-order valence-electron chi connectivity index (χ0n) is 11.4. The molecule has 1 fully saturated rings. The number of ether oxygens (including phenoxy) is 1. The minimum Gasteiger partial charge on any atom is -0.389 e. The van der Waals surface area contributed by atoms with E-state index in [-0.39, 0.29) is 5.02 Å². The average molecular weight is 302 g/mol. The molecule has 0 bridgehead atoms. The van der Waals surface area contributed by atoms with E-state index in [0.29, 0.717) is 25.8 Å². The van der Waals surface area contributed by atoms with E-state index in [1.807, 2.05) is 0 Å². The van der Waals surface area contributed by atoms with Gasteiger partial charge in [0.25, 0.3) is 0 Å². The molecule has 1 saturated carbocycles. The lowest BCUT2D eigenvalue weighted by molar-refractivity contribution is -0.00549. The molecule has 0 spiro atoms. The number of nitrogens with one attached hydrogen (secondary N) is 1. The third-order valence-electron chi connectivity index (χ3n) is 3.52. The van der Waals surface area contributed by atoms with E-state index in [1.165, 1.54) is 18.9 Å². The van der Waals surface area contributed by atoms with Crippen LogP contribution in [0.5, 0.6) is 0 Å². The van der Waals surface area contributed by atoms with Crippen LogP contribution >= 0.6 is 11.6 Å². The molecule has 0 amide bonds. The van der Waals surface area contributed by atoms with Gasteiger partial charge in [0.2, 0.25) is 0 Å². The van der Waals surface area contributed by atoms with E-state index in [1.54, 1.807) is 12.1 Å². The van der Waals surface area contributed by atoms with Crippen molar-refractivity contribution in [1.82, 2.24) is 5.32 Å². The first-order valence-electron chi connectivity index (χ1n) is 7.09. The fraction of sp³-hybridized carbons (Fsp3) is 0.600. The van der Waals surface area contributed by atoms with E-state index < -0.39 is 11.9 Å². The smallest absolute Gasteiger partial charge is 0.141 e. The lowest BCUT2D eigenvalue weighted by Gasteiger charge is -2.16. The van der Waals surface area contributed by atoms with Crippen LogP contribution < -0.4 is 5.32 Å². The Morgan fingerprint density at radius 2 is 2.15 bits per heavy atom. The van der Waals surface area contributed by atoms with Crippen molar-refractivity contribution >= 4 is 11.6 Å². The topological polar surface area (TPSA) is 41.5 Å². The summed E-state index contributed by atoms with van der Waals surface area (Å²) in [6, 6.07) is 4.61. The summed E-state index contributed by atoms with van der Waals surface area (Å²) in [5.74, 6) is -0.416. The molecular formula is C15H21ClFNO2. The van der Waals surface area contributed by atoms with Crippen LogP contribution in [0.1, 0.15) is 31.2 Å². The highest BCUT2D eigenvalue weighted by Gasteiger charge is 2.16. The van der Waals surface area contributed by atoms with Crippen molar-refractivity contribution < 1.29 is 14.2 Å². The Hall–Kier alpha value is -0.680. The second kappa shape index (κ2) is 7.93. The van der Waals surface area contributed by atoms with Crippen LogP contribution in [0.15, 0.2) is 18.2 Å². The van der Waals surface area contributed by atoms with E-state index >= 15 is 0 Å². The first-order chi connectivity index (χ1) is 9.65. The summed E-state index contributed by atoms with van der Waals surface area (Å²) in [6.07, 6.45) is 4.46. The van der Waals surface area contributed by atoms with Crippen LogP contribution in [0.3, 0.4) is 0 Å². The van der Waals surface area contributed by atoms with Gasteiger partial charge >= 0.3 is 0 Å². The molecule has 1 aromatic carbocycles. The number of hydrogen-bond acceptors (Lipinski definition) is 3. The predicted molar refractivity (Wildman–Crippen MR) is 77.3 cm³/mol. The summed E-state index contributed by atoms with van der Waals surface area (Å²) in [7, 11) is 0. The Bertz CT molecular complexity index is 424. The zero-order chi connectivity index (χ0) is 14.4. The lowest BCUT2D eigenvalue weighted by atomic mass is 10.2. The molecule has 1 aromatic rings. The fourth-order valence-corrected chi connectivity index (χ4v) is 2.60. The Morgan fingerprint density at radius 3 is 2.85 bits per heavy atom. The van der Waals surface area contributed by atoms with Crippen LogP contribution in [0, 0.1) is 5.82 Å². The number of rotatable bonds is 7. The SMILES string of the molecule is OC(CNCc1ccc(F)c(Cl)c1)COC1CCCC1. The van der Waals surface area contributed by atoms with Crippen molar-refractivity contribution in [1.29, 1.82) is 0 Å². The number of benzene rings is 1. The summed E-state index contributed by atoms with van der Waals surface area (Å²) in [5.41, 5.74) is 0.889. The number of aliphatic hydroxyl groups is 1. The first kappa shape index (κ1) is 15.7. The second-order valence-electron chi connectivity index (χ2n) is 5.27. The summed E-state index contributed by atoms with van der Waals surface area (Å²) in [5, 5.41) is 13.0.